The van der Waals surface area contributed by atoms with Gasteiger partial charge in [0.1, 0.15) is 11.6 Å². The number of benzene rings is 1. The topological polar surface area (TPSA) is 46.2 Å². The molecule has 0 bridgehead atoms. The Morgan fingerprint density at radius 2 is 1.88 bits per heavy atom. The van der Waals surface area contributed by atoms with E-state index in [1.807, 2.05) is 0 Å². The lowest BCUT2D eigenvalue weighted by atomic mass is 10.0. The molecule has 0 saturated heterocycles. The molecule has 0 aliphatic heterocycles. The number of phenolic OH excluding ortho intramolecular Hbond substituents is 1. The average Bonchev–Trinajstić information content (AvgIpc) is 2.08. The Balaban J connectivity index is 0.00000256. The summed E-state index contributed by atoms with van der Waals surface area (Å²) in [6.07, 6.45) is -5.75. The fourth-order valence-electron chi connectivity index (χ4n) is 1.40. The maximum atomic E-state index is 13.0. The number of halogens is 5. The summed E-state index contributed by atoms with van der Waals surface area (Å²) >= 11 is 0. The molecule has 7 heteroatoms. The van der Waals surface area contributed by atoms with Crippen molar-refractivity contribution in [3.63, 3.8) is 0 Å². The Morgan fingerprint density at radius 1 is 1.35 bits per heavy atom. The van der Waals surface area contributed by atoms with Crippen LogP contribution in [0.5, 0.6) is 5.75 Å². The van der Waals surface area contributed by atoms with E-state index in [1.165, 1.54) is 6.92 Å². The molecule has 0 unspecified atom stereocenters. The van der Waals surface area contributed by atoms with Gasteiger partial charge in [-0.25, -0.2) is 4.39 Å². The van der Waals surface area contributed by atoms with Gasteiger partial charge in [-0.15, -0.1) is 12.4 Å². The molecule has 98 valence electrons. The number of hydrogen-bond donors (Lipinski definition) is 2. The first-order valence-electron chi connectivity index (χ1n) is 4.52. The van der Waals surface area contributed by atoms with E-state index in [9.17, 15) is 22.7 Å². The second-order valence-electron chi connectivity index (χ2n) is 3.59. The van der Waals surface area contributed by atoms with Crippen LogP contribution in [0.2, 0.25) is 0 Å². The molecule has 0 radical (unpaired) electrons. The Bertz CT molecular complexity index is 395. The van der Waals surface area contributed by atoms with Crippen LogP contribution in [-0.4, -0.2) is 11.3 Å². The number of alkyl halides is 3. The zero-order valence-electron chi connectivity index (χ0n) is 8.88. The molecule has 0 spiro atoms. The first-order valence-corrected chi connectivity index (χ1v) is 4.52. The van der Waals surface area contributed by atoms with E-state index in [1.54, 1.807) is 0 Å². The van der Waals surface area contributed by atoms with Gasteiger partial charge < -0.3 is 10.8 Å². The van der Waals surface area contributed by atoms with Gasteiger partial charge in [0.25, 0.3) is 0 Å². The summed E-state index contributed by atoms with van der Waals surface area (Å²) in [6.45, 7) is 1.39. The molecule has 1 rings (SSSR count). The van der Waals surface area contributed by atoms with E-state index in [0.717, 1.165) is 12.1 Å². The van der Waals surface area contributed by atoms with Crippen LogP contribution in [0.15, 0.2) is 12.1 Å². The predicted octanol–water partition coefficient (Wildman–Crippen LogP) is 3.21. The van der Waals surface area contributed by atoms with E-state index < -0.39 is 30.2 Å². The second-order valence-corrected chi connectivity index (χ2v) is 3.59. The fraction of sp³-hybridized carbons (Fsp3) is 0.400. The Kier molecular flexibility index (Phi) is 5.22. The molecule has 0 aliphatic rings. The van der Waals surface area contributed by atoms with Crippen LogP contribution in [0, 0.1) is 12.7 Å². The maximum Gasteiger partial charge on any atom is 0.390 e. The van der Waals surface area contributed by atoms with Gasteiger partial charge in [-0.1, -0.05) is 0 Å². The standard InChI is InChI=1S/C10H11F4NO.ClH/c1-5-2-6(11)3-7(9(5)16)8(15)4-10(12,13)14;/h2-3,8,16H,4,15H2,1H3;1H/t8-;/m1./s1. The molecular formula is C10H12ClF4NO. The number of nitrogens with two attached hydrogens (primary N) is 1. The normalized spacial score (nSPS) is 13.1. The van der Waals surface area contributed by atoms with Crippen LogP contribution in [0.1, 0.15) is 23.6 Å². The van der Waals surface area contributed by atoms with Gasteiger partial charge >= 0.3 is 6.18 Å². The van der Waals surface area contributed by atoms with E-state index in [0.29, 0.717) is 0 Å². The van der Waals surface area contributed by atoms with E-state index >= 15 is 0 Å². The monoisotopic (exact) mass is 273 g/mol. The Labute approximate surface area is 102 Å². The first-order chi connectivity index (χ1) is 7.20. The zero-order chi connectivity index (χ0) is 12.5. The third kappa shape index (κ3) is 4.40. The summed E-state index contributed by atoms with van der Waals surface area (Å²) < 4.78 is 49.2. The summed E-state index contributed by atoms with van der Waals surface area (Å²) in [5.41, 5.74) is 5.21. The van der Waals surface area contributed by atoms with Crippen molar-refractivity contribution < 1.29 is 22.7 Å². The SMILES string of the molecule is Cc1cc(F)cc([C@H](N)CC(F)(F)F)c1O.Cl. The number of phenols is 1. The lowest BCUT2D eigenvalue weighted by Gasteiger charge is -2.16. The molecule has 0 aromatic heterocycles. The van der Waals surface area contributed by atoms with E-state index in [2.05, 4.69) is 0 Å². The highest BCUT2D eigenvalue weighted by Crippen LogP contribution is 2.34. The van der Waals surface area contributed by atoms with Crippen LogP contribution in [0.3, 0.4) is 0 Å². The van der Waals surface area contributed by atoms with Crippen molar-refractivity contribution >= 4 is 12.4 Å². The van der Waals surface area contributed by atoms with E-state index in [4.69, 9.17) is 5.73 Å². The second kappa shape index (κ2) is 5.55. The minimum atomic E-state index is -4.45. The molecule has 1 aromatic carbocycles. The molecule has 0 aliphatic carbocycles. The van der Waals surface area contributed by atoms with Gasteiger partial charge in [0.2, 0.25) is 0 Å². The molecule has 0 fully saturated rings. The van der Waals surface area contributed by atoms with E-state index in [-0.39, 0.29) is 23.5 Å². The molecule has 3 N–H and O–H groups in total. The van der Waals surface area contributed by atoms with Crippen LogP contribution in [0.25, 0.3) is 0 Å². The van der Waals surface area contributed by atoms with Gasteiger partial charge in [0, 0.05) is 11.6 Å². The van der Waals surface area contributed by atoms with Crippen LogP contribution >= 0.6 is 12.4 Å². The fourth-order valence-corrected chi connectivity index (χ4v) is 1.40. The van der Waals surface area contributed by atoms with Crippen LogP contribution in [0.4, 0.5) is 17.6 Å². The van der Waals surface area contributed by atoms with Crippen molar-refractivity contribution in [3.05, 3.63) is 29.1 Å². The van der Waals surface area contributed by atoms with Crippen molar-refractivity contribution in [3.8, 4) is 5.75 Å². The third-order valence-electron chi connectivity index (χ3n) is 2.15. The van der Waals surface area contributed by atoms with Gasteiger partial charge in [-0.05, 0) is 24.6 Å². The lowest BCUT2D eigenvalue weighted by molar-refractivity contribution is -0.138. The highest BCUT2D eigenvalue weighted by atomic mass is 35.5. The minimum Gasteiger partial charge on any atom is -0.507 e. The molecule has 0 saturated carbocycles. The first kappa shape index (κ1) is 16.0. The summed E-state index contributed by atoms with van der Waals surface area (Å²) in [7, 11) is 0. The highest BCUT2D eigenvalue weighted by molar-refractivity contribution is 5.85. The molecule has 0 heterocycles. The molecule has 2 nitrogen and oxygen atoms in total. The predicted molar refractivity (Wildman–Crippen MR) is 57.7 cm³/mol. The smallest absolute Gasteiger partial charge is 0.390 e. The molecular weight excluding hydrogens is 262 g/mol. The average molecular weight is 274 g/mol. The molecule has 0 amide bonds. The van der Waals surface area contributed by atoms with Crippen LogP contribution in [-0.2, 0) is 0 Å². The summed E-state index contributed by atoms with van der Waals surface area (Å²) in [5.74, 6) is -1.11. The third-order valence-corrected chi connectivity index (χ3v) is 2.15. The van der Waals surface area contributed by atoms with Crippen molar-refractivity contribution in [2.24, 2.45) is 5.73 Å². The minimum absolute atomic E-state index is 0. The molecule has 1 aromatic rings. The van der Waals surface area contributed by atoms with Crippen molar-refractivity contribution in [1.29, 1.82) is 0 Å². The lowest BCUT2D eigenvalue weighted by Crippen LogP contribution is -2.20. The van der Waals surface area contributed by atoms with Crippen LogP contribution < -0.4 is 5.73 Å². The maximum absolute atomic E-state index is 13.0. The number of rotatable bonds is 2. The molecule has 1 atom stereocenters. The van der Waals surface area contributed by atoms with Crippen molar-refractivity contribution in [2.45, 2.75) is 25.6 Å². The van der Waals surface area contributed by atoms with Gasteiger partial charge in [-0.3, -0.25) is 0 Å². The summed E-state index contributed by atoms with van der Waals surface area (Å²) in [5, 5.41) is 9.48. The summed E-state index contributed by atoms with van der Waals surface area (Å²) in [4.78, 5) is 0. The zero-order valence-corrected chi connectivity index (χ0v) is 9.70. The largest absolute Gasteiger partial charge is 0.507 e. The Hall–Kier alpha value is -1.01. The van der Waals surface area contributed by atoms with Gasteiger partial charge in [-0.2, -0.15) is 13.2 Å². The van der Waals surface area contributed by atoms with Gasteiger partial charge in [0.05, 0.1) is 6.42 Å². The quantitative estimate of drug-likeness (QED) is 0.813. The number of aromatic hydroxyl groups is 1. The molecule has 17 heavy (non-hydrogen) atoms. The summed E-state index contributed by atoms with van der Waals surface area (Å²) in [6, 6.07) is 0.382. The highest BCUT2D eigenvalue weighted by Gasteiger charge is 2.32. The van der Waals surface area contributed by atoms with Crippen molar-refractivity contribution in [1.82, 2.24) is 0 Å². The number of hydrogen-bond acceptors (Lipinski definition) is 2. The Morgan fingerprint density at radius 3 is 2.35 bits per heavy atom. The van der Waals surface area contributed by atoms with Gasteiger partial charge in [0.15, 0.2) is 0 Å². The van der Waals surface area contributed by atoms with Crippen molar-refractivity contribution in [2.75, 3.05) is 0 Å². The number of aryl methyl sites for hydroxylation is 1.